The molecule has 0 heterocycles. The van der Waals surface area contributed by atoms with Crippen molar-refractivity contribution in [3.63, 3.8) is 0 Å². The number of phenolic OH excluding ortho intramolecular Hbond substituents is 1. The van der Waals surface area contributed by atoms with Crippen molar-refractivity contribution in [2.45, 2.75) is 70.0 Å². The number of aromatic hydroxyl groups is 1. The number of aliphatic hydroxyl groups excluding tert-OH is 1. The quantitative estimate of drug-likeness (QED) is 0.331. The van der Waals surface area contributed by atoms with Crippen LogP contribution in [-0.2, 0) is 4.74 Å². The largest absolute Gasteiger partial charge is 0.507 e. The highest BCUT2D eigenvalue weighted by Gasteiger charge is 2.28. The van der Waals surface area contributed by atoms with Crippen LogP contribution in [-0.4, -0.2) is 23.2 Å². The molecule has 0 spiro atoms. The van der Waals surface area contributed by atoms with Crippen molar-refractivity contribution in [2.75, 3.05) is 7.11 Å². The van der Waals surface area contributed by atoms with E-state index in [4.69, 9.17) is 4.74 Å². The van der Waals surface area contributed by atoms with Crippen LogP contribution in [0.4, 0.5) is 17.6 Å². The summed E-state index contributed by atoms with van der Waals surface area (Å²) in [5, 5.41) is 19.8. The van der Waals surface area contributed by atoms with Crippen LogP contribution in [0.25, 0.3) is 11.1 Å². The van der Waals surface area contributed by atoms with Crippen molar-refractivity contribution < 1.29 is 32.5 Å². The van der Waals surface area contributed by atoms with Gasteiger partial charge in [-0.25, -0.2) is 17.6 Å². The van der Waals surface area contributed by atoms with Crippen molar-refractivity contribution >= 4 is 0 Å². The highest BCUT2D eigenvalue weighted by Crippen LogP contribution is 2.41. The fourth-order valence-electron chi connectivity index (χ4n) is 4.61. The molecule has 0 radical (unpaired) electrons. The predicted molar refractivity (Wildman–Crippen MR) is 115 cm³/mol. The monoisotopic (exact) mass is 454 g/mol. The number of methoxy groups -OCH3 is 1. The average Bonchev–Trinajstić information content (AvgIpc) is 2.75. The molecule has 1 unspecified atom stereocenters. The molecule has 0 saturated heterocycles. The van der Waals surface area contributed by atoms with Crippen molar-refractivity contribution in [3.8, 4) is 16.9 Å². The number of aliphatic hydroxyl groups is 1. The molecule has 2 N–H and O–H groups in total. The summed E-state index contributed by atoms with van der Waals surface area (Å²) in [4.78, 5) is 0. The van der Waals surface area contributed by atoms with E-state index in [0.717, 1.165) is 26.2 Å². The number of rotatable bonds is 8. The summed E-state index contributed by atoms with van der Waals surface area (Å²) in [6.45, 7) is 0.934. The maximum Gasteiger partial charge on any atom is 0.245 e. The van der Waals surface area contributed by atoms with Crippen LogP contribution in [0.5, 0.6) is 5.75 Å². The topological polar surface area (TPSA) is 49.7 Å². The molecule has 2 aromatic rings. The molecular formula is C25H30F4O3. The first-order chi connectivity index (χ1) is 15.1. The molecule has 176 valence electrons. The SMILES string of the molecule is COC(O)c1ccc(-c2ccc(C3CCC(CCCC(C)(F)F)CC3)c(F)c2F)cc1O. The molecule has 3 nitrogen and oxygen atoms in total. The van der Waals surface area contributed by atoms with E-state index >= 15 is 0 Å². The van der Waals surface area contributed by atoms with E-state index in [-0.39, 0.29) is 34.8 Å². The van der Waals surface area contributed by atoms with Crippen molar-refractivity contribution in [1.29, 1.82) is 0 Å². The maximum absolute atomic E-state index is 14.9. The highest BCUT2D eigenvalue weighted by molar-refractivity contribution is 5.67. The van der Waals surface area contributed by atoms with Crippen molar-refractivity contribution in [3.05, 3.63) is 53.1 Å². The predicted octanol–water partition coefficient (Wildman–Crippen LogP) is 7.07. The van der Waals surface area contributed by atoms with E-state index in [1.54, 1.807) is 6.07 Å². The third kappa shape index (κ3) is 5.81. The van der Waals surface area contributed by atoms with Gasteiger partial charge in [-0.2, -0.15) is 0 Å². The van der Waals surface area contributed by atoms with Gasteiger partial charge in [-0.05, 0) is 74.1 Å². The van der Waals surface area contributed by atoms with Crippen LogP contribution in [0.1, 0.15) is 75.2 Å². The van der Waals surface area contributed by atoms with Crippen LogP contribution in [0, 0.1) is 17.6 Å². The normalized spacial score (nSPS) is 20.3. The lowest BCUT2D eigenvalue weighted by Crippen LogP contribution is -2.16. The smallest absolute Gasteiger partial charge is 0.245 e. The second kappa shape index (κ2) is 10.2. The molecule has 0 aliphatic heterocycles. The van der Waals surface area contributed by atoms with Gasteiger partial charge < -0.3 is 14.9 Å². The number of halogens is 4. The highest BCUT2D eigenvalue weighted by atomic mass is 19.3. The van der Waals surface area contributed by atoms with Crippen LogP contribution < -0.4 is 0 Å². The summed E-state index contributed by atoms with van der Waals surface area (Å²) in [6.07, 6.45) is 2.82. The fourth-order valence-corrected chi connectivity index (χ4v) is 4.61. The molecule has 2 aromatic carbocycles. The summed E-state index contributed by atoms with van der Waals surface area (Å²) < 4.78 is 60.6. The Kier molecular flexibility index (Phi) is 7.83. The minimum atomic E-state index is -2.64. The summed E-state index contributed by atoms with van der Waals surface area (Å²) in [7, 11) is 1.28. The van der Waals surface area contributed by atoms with Gasteiger partial charge in [0, 0.05) is 24.7 Å². The molecule has 0 aromatic heterocycles. The summed E-state index contributed by atoms with van der Waals surface area (Å²) in [5.74, 6) is -4.54. The first-order valence-electron chi connectivity index (χ1n) is 11.0. The van der Waals surface area contributed by atoms with E-state index in [1.165, 1.54) is 31.4 Å². The molecule has 32 heavy (non-hydrogen) atoms. The summed E-state index contributed by atoms with van der Waals surface area (Å²) >= 11 is 0. The summed E-state index contributed by atoms with van der Waals surface area (Å²) in [6, 6.07) is 7.25. The minimum absolute atomic E-state index is 0.0224. The summed E-state index contributed by atoms with van der Waals surface area (Å²) in [5.41, 5.74) is 0.775. The third-order valence-electron chi connectivity index (χ3n) is 6.46. The molecule has 1 saturated carbocycles. The van der Waals surface area contributed by atoms with Gasteiger partial charge in [0.25, 0.3) is 0 Å². The molecular weight excluding hydrogens is 424 g/mol. The number of ether oxygens (including phenoxy) is 1. The molecule has 1 aliphatic carbocycles. The molecule has 3 rings (SSSR count). The van der Waals surface area contributed by atoms with Crippen molar-refractivity contribution in [1.82, 2.24) is 0 Å². The lowest BCUT2D eigenvalue weighted by atomic mass is 9.76. The van der Waals surface area contributed by atoms with E-state index in [0.29, 0.717) is 30.7 Å². The number of benzene rings is 2. The van der Waals surface area contributed by atoms with E-state index in [9.17, 15) is 27.8 Å². The van der Waals surface area contributed by atoms with Gasteiger partial charge >= 0.3 is 0 Å². The molecule has 1 fully saturated rings. The minimum Gasteiger partial charge on any atom is -0.507 e. The van der Waals surface area contributed by atoms with Crippen LogP contribution in [0.2, 0.25) is 0 Å². The molecule has 0 amide bonds. The molecule has 1 aliphatic rings. The first kappa shape index (κ1) is 24.5. The fraction of sp³-hybridized carbons (Fsp3) is 0.520. The van der Waals surface area contributed by atoms with Gasteiger partial charge in [-0.1, -0.05) is 24.6 Å². The zero-order valence-electron chi connectivity index (χ0n) is 18.4. The Labute approximate surface area is 186 Å². The van der Waals surface area contributed by atoms with Gasteiger partial charge in [0.1, 0.15) is 5.75 Å². The third-order valence-corrected chi connectivity index (χ3v) is 6.46. The Morgan fingerprint density at radius 2 is 1.75 bits per heavy atom. The van der Waals surface area contributed by atoms with Gasteiger partial charge in [0.05, 0.1) is 0 Å². The lowest BCUT2D eigenvalue weighted by Gasteiger charge is -2.29. The number of phenols is 1. The number of hydrogen-bond acceptors (Lipinski definition) is 3. The van der Waals surface area contributed by atoms with Crippen LogP contribution in [0.3, 0.4) is 0 Å². The first-order valence-corrected chi connectivity index (χ1v) is 11.0. The standard InChI is InChI=1S/C25H30F4O3/c1-25(28,29)13-3-4-15-5-7-16(8-6-15)18-11-12-19(23(27)22(18)26)17-9-10-20(21(30)14-17)24(31)32-2/h9-12,14-16,24,30-31H,3-8,13H2,1-2H3. The van der Waals surface area contributed by atoms with E-state index < -0.39 is 23.8 Å². The Balaban J connectivity index is 1.69. The van der Waals surface area contributed by atoms with E-state index in [2.05, 4.69) is 0 Å². The lowest BCUT2D eigenvalue weighted by molar-refractivity contribution is -0.0780. The van der Waals surface area contributed by atoms with Gasteiger partial charge in [0.2, 0.25) is 5.92 Å². The zero-order chi connectivity index (χ0) is 23.5. The average molecular weight is 455 g/mol. The van der Waals surface area contributed by atoms with Gasteiger partial charge in [0.15, 0.2) is 17.9 Å². The van der Waals surface area contributed by atoms with Crippen LogP contribution in [0.15, 0.2) is 30.3 Å². The van der Waals surface area contributed by atoms with Crippen molar-refractivity contribution in [2.24, 2.45) is 5.92 Å². The van der Waals surface area contributed by atoms with Gasteiger partial charge in [-0.3, -0.25) is 0 Å². The zero-order valence-corrected chi connectivity index (χ0v) is 18.4. The van der Waals surface area contributed by atoms with Gasteiger partial charge in [-0.15, -0.1) is 0 Å². The second-order valence-corrected chi connectivity index (χ2v) is 8.87. The maximum atomic E-state index is 14.9. The second-order valence-electron chi connectivity index (χ2n) is 8.87. The Bertz CT molecular complexity index is 918. The Morgan fingerprint density at radius 1 is 1.06 bits per heavy atom. The molecule has 0 bridgehead atoms. The molecule has 1 atom stereocenters. The van der Waals surface area contributed by atoms with Crippen LogP contribution >= 0.6 is 0 Å². The van der Waals surface area contributed by atoms with E-state index in [1.807, 2.05) is 0 Å². The number of alkyl halides is 2. The Morgan fingerprint density at radius 3 is 2.34 bits per heavy atom. The number of hydrogen-bond donors (Lipinski definition) is 2. The molecule has 7 heteroatoms. The Hall–Kier alpha value is -2.12.